The zero-order valence-corrected chi connectivity index (χ0v) is 12.5. The van der Waals surface area contributed by atoms with Crippen molar-refractivity contribution in [2.24, 2.45) is 0 Å². The van der Waals surface area contributed by atoms with E-state index in [1.807, 2.05) is 4.90 Å². The predicted octanol–water partition coefficient (Wildman–Crippen LogP) is 1.59. The average molecular weight is 289 g/mol. The number of piperidine rings is 1. The van der Waals surface area contributed by atoms with Gasteiger partial charge in [-0.15, -0.1) is 0 Å². The minimum atomic E-state index is 0.0420. The number of nitrogen functional groups attached to an aromatic ring is 1. The third-order valence-corrected chi connectivity index (χ3v) is 4.61. The molecule has 0 aromatic heterocycles. The number of nitrogens with zero attached hydrogens (tertiary/aromatic N) is 2. The Morgan fingerprint density at radius 2 is 2.14 bits per heavy atom. The van der Waals surface area contributed by atoms with Crippen LogP contribution in [0.5, 0.6) is 5.75 Å². The molecule has 21 heavy (non-hydrogen) atoms. The molecule has 1 aromatic carbocycles. The lowest BCUT2D eigenvalue weighted by atomic mass is 9.99. The Bertz CT molecular complexity index is 532. The van der Waals surface area contributed by atoms with Crippen LogP contribution in [0.4, 0.5) is 5.69 Å². The molecule has 114 valence electrons. The van der Waals surface area contributed by atoms with E-state index in [1.54, 1.807) is 25.3 Å². The summed E-state index contributed by atoms with van der Waals surface area (Å²) < 4.78 is 5.13. The molecule has 1 atom stereocenters. The molecule has 2 heterocycles. The Hall–Kier alpha value is -1.75. The Labute approximate surface area is 125 Å². The second-order valence-electron chi connectivity index (χ2n) is 5.89. The molecule has 0 radical (unpaired) electrons. The average Bonchev–Trinajstić information content (AvgIpc) is 2.53. The van der Waals surface area contributed by atoms with Gasteiger partial charge in [0.05, 0.1) is 12.7 Å². The summed E-state index contributed by atoms with van der Waals surface area (Å²) in [6, 6.07) is 5.80. The smallest absolute Gasteiger partial charge is 0.256 e. The molecule has 2 fully saturated rings. The first kappa shape index (κ1) is 14.2. The highest BCUT2D eigenvalue weighted by atomic mass is 16.5. The van der Waals surface area contributed by atoms with Crippen molar-refractivity contribution in [1.29, 1.82) is 0 Å². The summed E-state index contributed by atoms with van der Waals surface area (Å²) in [6.07, 6.45) is 3.76. The van der Waals surface area contributed by atoms with Crippen molar-refractivity contribution in [2.75, 3.05) is 39.0 Å². The lowest BCUT2D eigenvalue weighted by Crippen LogP contribution is -2.56. The van der Waals surface area contributed by atoms with Crippen LogP contribution in [0.3, 0.4) is 0 Å². The summed E-state index contributed by atoms with van der Waals surface area (Å²) in [6.45, 7) is 3.77. The minimum absolute atomic E-state index is 0.0420. The first-order valence-electron chi connectivity index (χ1n) is 7.66. The van der Waals surface area contributed by atoms with Crippen LogP contribution >= 0.6 is 0 Å². The van der Waals surface area contributed by atoms with Crippen molar-refractivity contribution in [2.45, 2.75) is 25.3 Å². The predicted molar refractivity (Wildman–Crippen MR) is 82.5 cm³/mol. The van der Waals surface area contributed by atoms with E-state index >= 15 is 0 Å². The summed E-state index contributed by atoms with van der Waals surface area (Å²) >= 11 is 0. The summed E-state index contributed by atoms with van der Waals surface area (Å²) in [5.74, 6) is 0.724. The van der Waals surface area contributed by atoms with Crippen molar-refractivity contribution in [3.63, 3.8) is 0 Å². The second-order valence-corrected chi connectivity index (χ2v) is 5.89. The molecule has 1 aromatic rings. The molecule has 1 amide bonds. The number of piperazine rings is 1. The fourth-order valence-electron chi connectivity index (χ4n) is 3.37. The minimum Gasteiger partial charge on any atom is -0.497 e. The van der Waals surface area contributed by atoms with Crippen LogP contribution in [0.1, 0.15) is 29.6 Å². The number of ether oxygens (including phenoxy) is 1. The summed E-state index contributed by atoms with van der Waals surface area (Å²) in [4.78, 5) is 17.1. The highest BCUT2D eigenvalue weighted by molar-refractivity contribution is 5.99. The third-order valence-electron chi connectivity index (χ3n) is 4.61. The normalized spacial score (nSPS) is 22.7. The molecule has 2 saturated heterocycles. The van der Waals surface area contributed by atoms with E-state index in [0.717, 1.165) is 19.6 Å². The first-order valence-corrected chi connectivity index (χ1v) is 7.66. The van der Waals surface area contributed by atoms with E-state index in [0.29, 0.717) is 23.0 Å². The molecule has 0 saturated carbocycles. The van der Waals surface area contributed by atoms with Gasteiger partial charge >= 0.3 is 0 Å². The number of hydrogen-bond acceptors (Lipinski definition) is 4. The maximum Gasteiger partial charge on any atom is 0.256 e. The molecule has 2 aliphatic heterocycles. The van der Waals surface area contributed by atoms with Gasteiger partial charge in [-0.05, 0) is 31.5 Å². The highest BCUT2D eigenvalue weighted by Crippen LogP contribution is 2.25. The van der Waals surface area contributed by atoms with Crippen molar-refractivity contribution in [1.82, 2.24) is 9.80 Å². The van der Waals surface area contributed by atoms with E-state index in [1.165, 1.54) is 25.8 Å². The van der Waals surface area contributed by atoms with E-state index in [2.05, 4.69) is 4.90 Å². The monoisotopic (exact) mass is 289 g/mol. The molecular formula is C16H23N3O2. The van der Waals surface area contributed by atoms with Gasteiger partial charge in [-0.2, -0.15) is 0 Å². The Morgan fingerprint density at radius 1 is 1.29 bits per heavy atom. The Morgan fingerprint density at radius 3 is 2.90 bits per heavy atom. The fourth-order valence-corrected chi connectivity index (χ4v) is 3.37. The lowest BCUT2D eigenvalue weighted by Gasteiger charge is -2.44. The number of fused-ring (bicyclic) bond motifs is 1. The van der Waals surface area contributed by atoms with Crippen LogP contribution in [0, 0.1) is 0 Å². The second kappa shape index (κ2) is 5.93. The summed E-state index contributed by atoms with van der Waals surface area (Å²) in [5, 5.41) is 0. The van der Waals surface area contributed by atoms with Gasteiger partial charge in [0.1, 0.15) is 5.75 Å². The van der Waals surface area contributed by atoms with Gasteiger partial charge in [0.25, 0.3) is 5.91 Å². The van der Waals surface area contributed by atoms with Crippen LogP contribution in [-0.2, 0) is 0 Å². The van der Waals surface area contributed by atoms with Crippen LogP contribution in [0.25, 0.3) is 0 Å². The topological polar surface area (TPSA) is 58.8 Å². The van der Waals surface area contributed by atoms with Gasteiger partial charge in [-0.25, -0.2) is 0 Å². The Kier molecular flexibility index (Phi) is 4.01. The zero-order chi connectivity index (χ0) is 14.8. The number of amides is 1. The van der Waals surface area contributed by atoms with Gasteiger partial charge in [0, 0.05) is 37.4 Å². The molecule has 5 nitrogen and oxygen atoms in total. The van der Waals surface area contributed by atoms with E-state index in [4.69, 9.17) is 10.5 Å². The Balaban J connectivity index is 1.73. The highest BCUT2D eigenvalue weighted by Gasteiger charge is 2.31. The van der Waals surface area contributed by atoms with Gasteiger partial charge in [-0.1, -0.05) is 6.42 Å². The number of hydrogen-bond donors (Lipinski definition) is 1. The number of methoxy groups -OCH3 is 1. The number of rotatable bonds is 2. The third kappa shape index (κ3) is 2.83. The maximum atomic E-state index is 12.7. The number of carbonyl (C=O) groups excluding carboxylic acids is 1. The van der Waals surface area contributed by atoms with E-state index < -0.39 is 0 Å². The zero-order valence-electron chi connectivity index (χ0n) is 12.5. The standard InChI is InChI=1S/C16H23N3O2/c1-21-13-5-6-14(15(17)10-13)16(20)19-9-8-18-7-3-2-4-12(18)11-19/h5-6,10,12H,2-4,7-9,11,17H2,1H3. The summed E-state index contributed by atoms with van der Waals surface area (Å²) in [5.41, 5.74) is 7.07. The van der Waals surface area contributed by atoms with Crippen molar-refractivity contribution in [3.05, 3.63) is 23.8 Å². The van der Waals surface area contributed by atoms with Crippen LogP contribution in [0.15, 0.2) is 18.2 Å². The molecule has 0 spiro atoms. The summed E-state index contributed by atoms with van der Waals surface area (Å²) in [7, 11) is 1.60. The number of anilines is 1. The molecule has 0 bridgehead atoms. The maximum absolute atomic E-state index is 12.7. The molecule has 0 aliphatic carbocycles. The lowest BCUT2D eigenvalue weighted by molar-refractivity contribution is 0.0373. The van der Waals surface area contributed by atoms with E-state index in [9.17, 15) is 4.79 Å². The fraction of sp³-hybridized carbons (Fsp3) is 0.562. The number of nitrogens with two attached hydrogens (primary N) is 1. The van der Waals surface area contributed by atoms with Gasteiger partial charge in [0.2, 0.25) is 0 Å². The molecular weight excluding hydrogens is 266 g/mol. The van der Waals surface area contributed by atoms with Crippen molar-refractivity contribution >= 4 is 11.6 Å². The SMILES string of the molecule is COc1ccc(C(=O)N2CCN3CCCCC3C2)c(N)c1. The largest absolute Gasteiger partial charge is 0.497 e. The molecule has 5 heteroatoms. The molecule has 2 aliphatic rings. The van der Waals surface area contributed by atoms with Gasteiger partial charge < -0.3 is 15.4 Å². The molecule has 3 rings (SSSR count). The van der Waals surface area contributed by atoms with Crippen LogP contribution < -0.4 is 10.5 Å². The quantitative estimate of drug-likeness (QED) is 0.840. The van der Waals surface area contributed by atoms with Crippen LogP contribution in [-0.4, -0.2) is 55.0 Å². The van der Waals surface area contributed by atoms with Crippen LogP contribution in [0.2, 0.25) is 0 Å². The van der Waals surface area contributed by atoms with E-state index in [-0.39, 0.29) is 5.91 Å². The number of benzene rings is 1. The molecule has 1 unspecified atom stereocenters. The first-order chi connectivity index (χ1) is 10.2. The molecule has 2 N–H and O–H groups in total. The van der Waals surface area contributed by atoms with Gasteiger partial charge in [-0.3, -0.25) is 9.69 Å². The van der Waals surface area contributed by atoms with Gasteiger partial charge in [0.15, 0.2) is 0 Å². The van der Waals surface area contributed by atoms with Crippen molar-refractivity contribution in [3.8, 4) is 5.75 Å². The van der Waals surface area contributed by atoms with Crippen molar-refractivity contribution < 1.29 is 9.53 Å². The number of carbonyl (C=O) groups is 1.